The van der Waals surface area contributed by atoms with Gasteiger partial charge in [0, 0.05) is 6.42 Å². The van der Waals surface area contributed by atoms with Crippen molar-refractivity contribution < 1.29 is 9.53 Å². The number of methoxy groups -OCH3 is 1. The minimum Gasteiger partial charge on any atom is -0.469 e. The van der Waals surface area contributed by atoms with Crippen molar-refractivity contribution in [2.24, 2.45) is 0 Å². The van der Waals surface area contributed by atoms with Crippen molar-refractivity contribution in [3.63, 3.8) is 0 Å². The van der Waals surface area contributed by atoms with E-state index >= 15 is 0 Å². The molecule has 0 saturated heterocycles. The van der Waals surface area contributed by atoms with E-state index in [1.165, 1.54) is 7.11 Å². The van der Waals surface area contributed by atoms with Crippen molar-refractivity contribution >= 4 is 17.6 Å². The predicted octanol–water partition coefficient (Wildman–Crippen LogP) is 1.73. The molecule has 0 saturated carbocycles. The first-order valence-corrected chi connectivity index (χ1v) is 2.94. The van der Waals surface area contributed by atoms with E-state index in [2.05, 4.69) is 16.3 Å². The molecular formula is C6H10ClO2. The highest BCUT2D eigenvalue weighted by Gasteiger charge is 1.92. The van der Waals surface area contributed by atoms with Gasteiger partial charge in [-0.1, -0.05) is 6.92 Å². The minimum absolute atomic E-state index is 0.123. The lowest BCUT2D eigenvalue weighted by atomic mass is 10.3. The van der Waals surface area contributed by atoms with Crippen LogP contribution in [0.2, 0.25) is 0 Å². The molecule has 0 unspecified atom stereocenters. The van der Waals surface area contributed by atoms with Gasteiger partial charge in [-0.25, -0.2) is 0 Å². The van der Waals surface area contributed by atoms with Crippen molar-refractivity contribution in [3.05, 3.63) is 6.38 Å². The molecule has 3 radical (unpaired) electrons. The zero-order valence-corrected chi connectivity index (χ0v) is 6.36. The van der Waals surface area contributed by atoms with Crippen LogP contribution < -0.4 is 0 Å². The number of esters is 1. The molecule has 2 nitrogen and oxygen atoms in total. The average Bonchev–Trinajstić information content (AvgIpc) is 1.93. The fourth-order valence-electron chi connectivity index (χ4n) is 0.306. The maximum atomic E-state index is 10.2. The first-order chi connectivity index (χ1) is 4.31. The monoisotopic (exact) mass is 149 g/mol. The second-order valence-electron chi connectivity index (χ2n) is 1.33. The molecule has 0 aromatic carbocycles. The van der Waals surface area contributed by atoms with E-state index in [1.54, 1.807) is 0 Å². The third-order valence-corrected chi connectivity index (χ3v) is 0.682. The zero-order chi connectivity index (χ0) is 7.70. The molecule has 0 aliphatic carbocycles. The average molecular weight is 150 g/mol. The zero-order valence-electron chi connectivity index (χ0n) is 5.61. The lowest BCUT2D eigenvalue weighted by Gasteiger charge is -1.91. The first-order valence-electron chi connectivity index (χ1n) is 2.57. The summed E-state index contributed by atoms with van der Waals surface area (Å²) in [5, 5.41) is 0. The van der Waals surface area contributed by atoms with E-state index in [-0.39, 0.29) is 5.97 Å². The summed E-state index contributed by atoms with van der Waals surface area (Å²) in [6, 6.07) is 0. The summed E-state index contributed by atoms with van der Waals surface area (Å²) in [6.45, 7) is 1.94. The van der Waals surface area contributed by atoms with Gasteiger partial charge in [0.15, 0.2) is 0 Å². The van der Waals surface area contributed by atoms with Crippen LogP contribution in [-0.4, -0.2) is 13.1 Å². The van der Waals surface area contributed by atoms with Crippen LogP contribution in [0.1, 0.15) is 19.8 Å². The van der Waals surface area contributed by atoms with Crippen molar-refractivity contribution in [2.45, 2.75) is 19.8 Å². The molecule has 0 bridgehead atoms. The van der Waals surface area contributed by atoms with Crippen LogP contribution in [0.5, 0.6) is 0 Å². The molecule has 0 aromatic rings. The van der Waals surface area contributed by atoms with Crippen molar-refractivity contribution in [1.82, 2.24) is 0 Å². The Morgan fingerprint density at radius 1 is 1.67 bits per heavy atom. The van der Waals surface area contributed by atoms with Gasteiger partial charge in [0.05, 0.1) is 7.11 Å². The topological polar surface area (TPSA) is 26.3 Å². The summed E-state index contributed by atoms with van der Waals surface area (Å²) < 4.78 is 4.35. The molecular weight excluding hydrogens is 140 g/mol. The summed E-state index contributed by atoms with van der Waals surface area (Å²) in [4.78, 5) is 10.2. The van der Waals surface area contributed by atoms with E-state index in [4.69, 9.17) is 6.38 Å². The van der Waals surface area contributed by atoms with Gasteiger partial charge in [0.2, 0.25) is 0 Å². The summed E-state index contributed by atoms with van der Waals surface area (Å²) in [6.07, 6.45) is 6.63. The van der Waals surface area contributed by atoms with Gasteiger partial charge in [-0.05, 0) is 6.42 Å². The van der Waals surface area contributed by atoms with Crippen LogP contribution in [0.15, 0.2) is 0 Å². The van der Waals surface area contributed by atoms with E-state index in [0.29, 0.717) is 6.42 Å². The van der Waals surface area contributed by atoms with Crippen LogP contribution in [0, 0.1) is 6.38 Å². The molecule has 0 rings (SSSR count). The van der Waals surface area contributed by atoms with E-state index in [9.17, 15) is 4.79 Å². The molecule has 53 valence electrons. The maximum absolute atomic E-state index is 10.2. The highest BCUT2D eigenvalue weighted by Crippen LogP contribution is 1.86. The number of ether oxygens (including phenoxy) is 1. The molecule has 3 heteroatoms. The van der Waals surface area contributed by atoms with Gasteiger partial charge in [-0.2, -0.15) is 0 Å². The number of hydrogen-bond acceptors (Lipinski definition) is 2. The molecule has 0 fully saturated rings. The summed E-state index contributed by atoms with van der Waals surface area (Å²) in [7, 11) is 1.40. The van der Waals surface area contributed by atoms with E-state index in [1.807, 2.05) is 6.92 Å². The Labute approximate surface area is 61.1 Å². The van der Waals surface area contributed by atoms with Gasteiger partial charge < -0.3 is 4.74 Å². The number of carbonyl (C=O) groups excluding carboxylic acids is 1. The Hall–Kier alpha value is -0.240. The number of halogens is 1. The molecule has 9 heavy (non-hydrogen) atoms. The highest BCUT2D eigenvalue weighted by molar-refractivity contribution is 6.19. The second kappa shape index (κ2) is 10.7. The Kier molecular flexibility index (Phi) is 13.7. The minimum atomic E-state index is -0.123. The largest absolute Gasteiger partial charge is 0.469 e. The third kappa shape index (κ3) is 11.4. The Morgan fingerprint density at radius 2 is 2.11 bits per heavy atom. The van der Waals surface area contributed by atoms with Crippen molar-refractivity contribution in [2.75, 3.05) is 7.11 Å². The summed E-state index contributed by atoms with van der Waals surface area (Å²) in [5.41, 5.74) is 0. The fraction of sp³-hybridized carbons (Fsp3) is 0.667. The summed E-state index contributed by atoms with van der Waals surface area (Å²) in [5.74, 6) is -0.123. The Bertz CT molecular complexity index is 64.1. The quantitative estimate of drug-likeness (QED) is 0.559. The molecule has 0 aromatic heterocycles. The maximum Gasteiger partial charge on any atom is 0.305 e. The number of rotatable bonds is 2. The predicted molar refractivity (Wildman–Crippen MR) is 36.0 cm³/mol. The molecule has 0 atom stereocenters. The molecule has 0 spiro atoms. The highest BCUT2D eigenvalue weighted by atomic mass is 35.5. The SMILES string of the molecule is CCCC(=O)OC.[C]Cl. The van der Waals surface area contributed by atoms with Crippen LogP contribution >= 0.6 is 11.6 Å². The van der Waals surface area contributed by atoms with Crippen LogP contribution in [0.4, 0.5) is 0 Å². The van der Waals surface area contributed by atoms with Gasteiger partial charge in [-0.15, -0.1) is 11.6 Å². The molecule has 0 aliphatic heterocycles. The van der Waals surface area contributed by atoms with Crippen molar-refractivity contribution in [1.29, 1.82) is 0 Å². The molecule has 0 N–H and O–H groups in total. The summed E-state index contributed by atoms with van der Waals surface area (Å²) >= 11 is 3.89. The second-order valence-corrected chi connectivity index (χ2v) is 1.33. The lowest BCUT2D eigenvalue weighted by molar-refractivity contribution is -0.140. The normalized spacial score (nSPS) is 7.11. The van der Waals surface area contributed by atoms with Gasteiger partial charge in [0.25, 0.3) is 0 Å². The van der Waals surface area contributed by atoms with Gasteiger partial charge in [0.1, 0.15) is 6.38 Å². The van der Waals surface area contributed by atoms with E-state index < -0.39 is 0 Å². The molecule has 0 heterocycles. The smallest absolute Gasteiger partial charge is 0.305 e. The third-order valence-electron chi connectivity index (χ3n) is 0.682. The number of hydrogen-bond donors (Lipinski definition) is 0. The van der Waals surface area contributed by atoms with Crippen LogP contribution in [0.3, 0.4) is 0 Å². The molecule has 0 amide bonds. The molecule has 0 aliphatic rings. The van der Waals surface area contributed by atoms with E-state index in [0.717, 1.165) is 6.42 Å². The standard InChI is InChI=1S/C5H10O2.CCl/c1-3-4-5(6)7-2;1-2/h3-4H2,1-2H3;. The van der Waals surface area contributed by atoms with Gasteiger partial charge in [-0.3, -0.25) is 4.79 Å². The van der Waals surface area contributed by atoms with Crippen LogP contribution in [-0.2, 0) is 9.53 Å². The number of carbonyl (C=O) groups is 1. The fourth-order valence-corrected chi connectivity index (χ4v) is 0.306. The van der Waals surface area contributed by atoms with Gasteiger partial charge >= 0.3 is 5.97 Å². The van der Waals surface area contributed by atoms with Crippen LogP contribution in [0.25, 0.3) is 0 Å². The Balaban J connectivity index is 0. The van der Waals surface area contributed by atoms with Crippen molar-refractivity contribution in [3.8, 4) is 0 Å². The first kappa shape index (κ1) is 11.5. The lowest BCUT2D eigenvalue weighted by Crippen LogP contribution is -1.97. The Morgan fingerprint density at radius 3 is 2.22 bits per heavy atom.